The summed E-state index contributed by atoms with van der Waals surface area (Å²) in [6.45, 7) is 4.02. The molecule has 0 fully saturated rings. The lowest BCUT2D eigenvalue weighted by Gasteiger charge is -2.28. The van der Waals surface area contributed by atoms with Gasteiger partial charge in [-0.05, 0) is 43.2 Å². The maximum Gasteiger partial charge on any atom is 0.262 e. The number of para-hydroxylation sites is 2. The molecule has 0 bridgehead atoms. The SMILES string of the molecule is CCC(CC)(CN)C(=O)Nc1cccc(NC(=O)COc2ccccc2OC)c1. The van der Waals surface area contributed by atoms with Gasteiger partial charge in [-0.15, -0.1) is 0 Å². The van der Waals surface area contributed by atoms with Gasteiger partial charge in [-0.1, -0.05) is 32.0 Å². The van der Waals surface area contributed by atoms with Crippen LogP contribution in [0.1, 0.15) is 26.7 Å². The van der Waals surface area contributed by atoms with E-state index in [2.05, 4.69) is 10.6 Å². The summed E-state index contributed by atoms with van der Waals surface area (Å²) in [5, 5.41) is 5.67. The Kier molecular flexibility index (Phi) is 8.03. The van der Waals surface area contributed by atoms with E-state index >= 15 is 0 Å². The number of hydrogen-bond donors (Lipinski definition) is 3. The van der Waals surface area contributed by atoms with Crippen LogP contribution in [0.3, 0.4) is 0 Å². The Hall–Kier alpha value is -3.06. The summed E-state index contributed by atoms with van der Waals surface area (Å²) in [6, 6.07) is 14.1. The van der Waals surface area contributed by atoms with E-state index < -0.39 is 5.41 Å². The van der Waals surface area contributed by atoms with Crippen LogP contribution in [0.2, 0.25) is 0 Å². The number of rotatable bonds is 10. The van der Waals surface area contributed by atoms with Crippen LogP contribution in [0.15, 0.2) is 48.5 Å². The maximum atomic E-state index is 12.7. The minimum atomic E-state index is -0.595. The third kappa shape index (κ3) is 5.71. The van der Waals surface area contributed by atoms with Crippen LogP contribution < -0.4 is 25.8 Å². The molecule has 156 valence electrons. The molecule has 2 aromatic carbocycles. The number of nitrogens with one attached hydrogen (secondary N) is 2. The van der Waals surface area contributed by atoms with E-state index in [9.17, 15) is 9.59 Å². The third-order valence-corrected chi connectivity index (χ3v) is 5.06. The molecular weight excluding hydrogens is 370 g/mol. The quantitative estimate of drug-likeness (QED) is 0.568. The molecule has 0 spiro atoms. The lowest BCUT2D eigenvalue weighted by molar-refractivity contribution is -0.125. The van der Waals surface area contributed by atoms with Crippen LogP contribution in [-0.4, -0.2) is 32.1 Å². The molecule has 0 heterocycles. The van der Waals surface area contributed by atoms with E-state index in [-0.39, 0.29) is 25.0 Å². The van der Waals surface area contributed by atoms with Gasteiger partial charge in [0.2, 0.25) is 5.91 Å². The number of amides is 2. The highest BCUT2D eigenvalue weighted by molar-refractivity contribution is 5.97. The number of nitrogens with two attached hydrogens (primary N) is 1. The highest BCUT2D eigenvalue weighted by Gasteiger charge is 2.33. The van der Waals surface area contributed by atoms with Gasteiger partial charge in [0.1, 0.15) is 0 Å². The fraction of sp³-hybridized carbons (Fsp3) is 0.364. The summed E-state index contributed by atoms with van der Waals surface area (Å²) >= 11 is 0. The first kappa shape index (κ1) is 22.2. The predicted molar refractivity (Wildman–Crippen MR) is 114 cm³/mol. The second-order valence-corrected chi connectivity index (χ2v) is 6.71. The molecule has 2 amide bonds. The molecule has 0 aliphatic heterocycles. The monoisotopic (exact) mass is 399 g/mol. The van der Waals surface area contributed by atoms with Crippen LogP contribution in [0.5, 0.6) is 11.5 Å². The van der Waals surface area contributed by atoms with Gasteiger partial charge in [-0.3, -0.25) is 9.59 Å². The van der Waals surface area contributed by atoms with Crippen molar-refractivity contribution in [3.63, 3.8) is 0 Å². The van der Waals surface area contributed by atoms with Gasteiger partial charge in [0.25, 0.3) is 5.91 Å². The molecule has 4 N–H and O–H groups in total. The standard InChI is InChI=1S/C22H29N3O4/c1-4-22(5-2,15-23)21(27)25-17-10-8-9-16(13-17)24-20(26)14-29-19-12-7-6-11-18(19)28-3/h6-13H,4-5,14-15,23H2,1-3H3,(H,24,26)(H,25,27). The number of anilines is 2. The zero-order valence-corrected chi connectivity index (χ0v) is 17.2. The topological polar surface area (TPSA) is 103 Å². The third-order valence-electron chi connectivity index (χ3n) is 5.06. The Morgan fingerprint density at radius 3 is 2.17 bits per heavy atom. The second-order valence-electron chi connectivity index (χ2n) is 6.71. The van der Waals surface area contributed by atoms with Crippen LogP contribution in [0, 0.1) is 5.41 Å². The number of methoxy groups -OCH3 is 1. The number of hydrogen-bond acceptors (Lipinski definition) is 5. The smallest absolute Gasteiger partial charge is 0.262 e. The predicted octanol–water partition coefficient (Wildman–Crippen LogP) is 3.42. The fourth-order valence-electron chi connectivity index (χ4n) is 2.97. The average molecular weight is 399 g/mol. The Morgan fingerprint density at radius 2 is 1.59 bits per heavy atom. The summed E-state index contributed by atoms with van der Waals surface area (Å²) in [7, 11) is 1.54. The molecule has 0 aliphatic rings. The second kappa shape index (κ2) is 10.5. The molecule has 0 aliphatic carbocycles. The normalized spacial score (nSPS) is 10.9. The largest absolute Gasteiger partial charge is 0.493 e. The van der Waals surface area contributed by atoms with Gasteiger partial charge in [-0.25, -0.2) is 0 Å². The molecule has 0 unspecified atom stereocenters. The number of benzene rings is 2. The van der Waals surface area contributed by atoms with Crippen LogP contribution in [0.4, 0.5) is 11.4 Å². The van der Waals surface area contributed by atoms with Crippen molar-refractivity contribution in [2.75, 3.05) is 30.9 Å². The van der Waals surface area contributed by atoms with Gasteiger partial charge < -0.3 is 25.8 Å². The Labute approximate surface area is 171 Å². The van der Waals surface area contributed by atoms with E-state index in [4.69, 9.17) is 15.2 Å². The maximum absolute atomic E-state index is 12.7. The van der Waals surface area contributed by atoms with Gasteiger partial charge in [0.05, 0.1) is 12.5 Å². The molecule has 0 atom stereocenters. The Morgan fingerprint density at radius 1 is 0.966 bits per heavy atom. The minimum Gasteiger partial charge on any atom is -0.493 e. The summed E-state index contributed by atoms with van der Waals surface area (Å²) in [5.41, 5.74) is 6.40. The summed E-state index contributed by atoms with van der Waals surface area (Å²) in [4.78, 5) is 24.9. The van der Waals surface area contributed by atoms with E-state index in [0.717, 1.165) is 0 Å². The number of carbonyl (C=O) groups excluding carboxylic acids is 2. The lowest BCUT2D eigenvalue weighted by Crippen LogP contribution is -2.41. The fourth-order valence-corrected chi connectivity index (χ4v) is 2.97. The zero-order valence-electron chi connectivity index (χ0n) is 17.2. The van der Waals surface area contributed by atoms with Crippen molar-refractivity contribution in [2.45, 2.75) is 26.7 Å². The summed E-state index contributed by atoms with van der Waals surface area (Å²) in [5.74, 6) is 0.606. The van der Waals surface area contributed by atoms with E-state index in [0.29, 0.717) is 35.7 Å². The molecular formula is C22H29N3O4. The van der Waals surface area contributed by atoms with Crippen LogP contribution in [0.25, 0.3) is 0 Å². The van der Waals surface area contributed by atoms with Crippen molar-refractivity contribution in [3.05, 3.63) is 48.5 Å². The zero-order chi connectivity index (χ0) is 21.3. The van der Waals surface area contributed by atoms with Crippen LogP contribution in [-0.2, 0) is 9.59 Å². The summed E-state index contributed by atoms with van der Waals surface area (Å²) < 4.78 is 10.7. The molecule has 7 heteroatoms. The molecule has 2 aromatic rings. The molecule has 29 heavy (non-hydrogen) atoms. The lowest BCUT2D eigenvalue weighted by atomic mass is 9.81. The van der Waals surface area contributed by atoms with Gasteiger partial charge in [-0.2, -0.15) is 0 Å². The molecule has 0 saturated carbocycles. The van der Waals surface area contributed by atoms with Crippen molar-refractivity contribution >= 4 is 23.2 Å². The van der Waals surface area contributed by atoms with Crippen molar-refractivity contribution in [3.8, 4) is 11.5 Å². The van der Waals surface area contributed by atoms with Gasteiger partial charge in [0, 0.05) is 17.9 Å². The Bertz CT molecular complexity index is 826. The molecule has 0 aromatic heterocycles. The molecule has 7 nitrogen and oxygen atoms in total. The van der Waals surface area contributed by atoms with E-state index in [1.807, 2.05) is 19.9 Å². The first-order chi connectivity index (χ1) is 14.0. The summed E-state index contributed by atoms with van der Waals surface area (Å²) in [6.07, 6.45) is 1.31. The van der Waals surface area contributed by atoms with Crippen molar-refractivity contribution in [1.82, 2.24) is 0 Å². The average Bonchev–Trinajstić information content (AvgIpc) is 2.74. The van der Waals surface area contributed by atoms with Crippen molar-refractivity contribution < 1.29 is 19.1 Å². The Balaban J connectivity index is 1.98. The first-order valence-electron chi connectivity index (χ1n) is 9.65. The number of ether oxygens (including phenoxy) is 2. The minimum absolute atomic E-state index is 0.118. The van der Waals surface area contributed by atoms with E-state index in [1.54, 1.807) is 49.6 Å². The highest BCUT2D eigenvalue weighted by atomic mass is 16.5. The van der Waals surface area contributed by atoms with Crippen molar-refractivity contribution in [2.24, 2.45) is 11.1 Å². The molecule has 0 radical (unpaired) electrons. The van der Waals surface area contributed by atoms with Crippen molar-refractivity contribution in [1.29, 1.82) is 0 Å². The highest BCUT2D eigenvalue weighted by Crippen LogP contribution is 2.28. The van der Waals surface area contributed by atoms with Gasteiger partial charge >= 0.3 is 0 Å². The molecule has 2 rings (SSSR count). The van der Waals surface area contributed by atoms with E-state index in [1.165, 1.54) is 0 Å². The first-order valence-corrected chi connectivity index (χ1v) is 9.65. The van der Waals surface area contributed by atoms with Crippen LogP contribution >= 0.6 is 0 Å². The van der Waals surface area contributed by atoms with Gasteiger partial charge in [0.15, 0.2) is 18.1 Å². The molecule has 0 saturated heterocycles. The number of carbonyl (C=O) groups is 2.